The number of para-hydroxylation sites is 1. The van der Waals surface area contributed by atoms with E-state index < -0.39 is 0 Å². The lowest BCUT2D eigenvalue weighted by atomic mass is 10.2. The predicted octanol–water partition coefficient (Wildman–Crippen LogP) is 3.72. The van der Waals surface area contributed by atoms with Gasteiger partial charge in [0.2, 0.25) is 5.95 Å². The van der Waals surface area contributed by atoms with Gasteiger partial charge in [0.05, 0.1) is 26.1 Å². The van der Waals surface area contributed by atoms with Crippen LogP contribution in [0, 0.1) is 0 Å². The molecule has 1 heterocycles. The van der Waals surface area contributed by atoms with Crippen LogP contribution in [-0.2, 0) is 13.6 Å². The molecule has 2 aromatic carbocycles. The number of nitrogens with zero attached hydrogens (tertiary/aromatic N) is 2. The van der Waals surface area contributed by atoms with Crippen LogP contribution in [0.15, 0.2) is 54.7 Å². The van der Waals surface area contributed by atoms with Crippen LogP contribution in [0.4, 0.5) is 5.95 Å². The number of aromatic nitrogens is 2. The number of hydrogen-bond acceptors (Lipinski definition) is 4. The van der Waals surface area contributed by atoms with Gasteiger partial charge in [-0.15, -0.1) is 0 Å². The zero-order chi connectivity index (χ0) is 16.9. The van der Waals surface area contributed by atoms with Crippen LogP contribution < -0.4 is 14.8 Å². The number of benzene rings is 2. The highest BCUT2D eigenvalue weighted by Gasteiger charge is 2.11. The molecule has 0 fully saturated rings. The standard InChI is InChI=1S/C19H21N3O2/c1-22-16(14-8-5-4-6-9-14)13-21-19(22)20-12-15-10-7-11-17(23-2)18(15)24-3/h4-11,13H,12H2,1-3H3,(H,20,21). The van der Waals surface area contributed by atoms with Crippen molar-refractivity contribution in [2.75, 3.05) is 19.5 Å². The SMILES string of the molecule is COc1cccc(CNc2ncc(-c3ccccc3)n2C)c1OC. The summed E-state index contributed by atoms with van der Waals surface area (Å²) >= 11 is 0. The van der Waals surface area contributed by atoms with Crippen LogP contribution in [0.25, 0.3) is 11.3 Å². The first-order valence-corrected chi connectivity index (χ1v) is 7.75. The van der Waals surface area contributed by atoms with Gasteiger partial charge in [0, 0.05) is 19.2 Å². The zero-order valence-corrected chi connectivity index (χ0v) is 14.1. The highest BCUT2D eigenvalue weighted by atomic mass is 16.5. The Morgan fingerprint density at radius 2 is 1.79 bits per heavy atom. The van der Waals surface area contributed by atoms with Crippen molar-refractivity contribution in [3.63, 3.8) is 0 Å². The Labute approximate surface area is 141 Å². The number of rotatable bonds is 6. The summed E-state index contributed by atoms with van der Waals surface area (Å²) in [6, 6.07) is 16.1. The molecule has 0 unspecified atom stereocenters. The molecule has 5 heteroatoms. The quantitative estimate of drug-likeness (QED) is 0.751. The zero-order valence-electron chi connectivity index (χ0n) is 14.1. The number of methoxy groups -OCH3 is 2. The topological polar surface area (TPSA) is 48.3 Å². The van der Waals surface area contributed by atoms with Gasteiger partial charge < -0.3 is 19.4 Å². The fourth-order valence-electron chi connectivity index (χ4n) is 2.72. The molecule has 0 saturated heterocycles. The van der Waals surface area contributed by atoms with Crippen molar-refractivity contribution in [2.45, 2.75) is 6.54 Å². The first-order valence-electron chi connectivity index (χ1n) is 7.75. The number of imidazole rings is 1. The van der Waals surface area contributed by atoms with Crippen LogP contribution in [0.2, 0.25) is 0 Å². The minimum absolute atomic E-state index is 0.597. The maximum atomic E-state index is 5.47. The normalized spacial score (nSPS) is 10.5. The van der Waals surface area contributed by atoms with E-state index in [4.69, 9.17) is 9.47 Å². The average molecular weight is 323 g/mol. The molecule has 3 aromatic rings. The van der Waals surface area contributed by atoms with E-state index in [2.05, 4.69) is 22.4 Å². The van der Waals surface area contributed by atoms with Crippen molar-refractivity contribution >= 4 is 5.95 Å². The van der Waals surface area contributed by atoms with E-state index in [9.17, 15) is 0 Å². The maximum absolute atomic E-state index is 5.47. The molecule has 0 amide bonds. The van der Waals surface area contributed by atoms with Crippen molar-refractivity contribution in [3.05, 3.63) is 60.3 Å². The Balaban J connectivity index is 1.80. The van der Waals surface area contributed by atoms with Crippen molar-refractivity contribution in [2.24, 2.45) is 7.05 Å². The van der Waals surface area contributed by atoms with E-state index in [1.54, 1.807) is 14.2 Å². The van der Waals surface area contributed by atoms with Crippen LogP contribution >= 0.6 is 0 Å². The summed E-state index contributed by atoms with van der Waals surface area (Å²) in [6.45, 7) is 0.597. The van der Waals surface area contributed by atoms with Gasteiger partial charge in [0.25, 0.3) is 0 Å². The van der Waals surface area contributed by atoms with E-state index in [0.717, 1.165) is 34.3 Å². The molecule has 24 heavy (non-hydrogen) atoms. The van der Waals surface area contributed by atoms with Crippen LogP contribution in [0.1, 0.15) is 5.56 Å². The highest BCUT2D eigenvalue weighted by molar-refractivity contribution is 5.61. The van der Waals surface area contributed by atoms with Crippen molar-refractivity contribution < 1.29 is 9.47 Å². The van der Waals surface area contributed by atoms with E-state index >= 15 is 0 Å². The first-order chi connectivity index (χ1) is 11.7. The van der Waals surface area contributed by atoms with Gasteiger partial charge in [-0.2, -0.15) is 0 Å². The van der Waals surface area contributed by atoms with Crippen molar-refractivity contribution in [1.82, 2.24) is 9.55 Å². The number of nitrogens with one attached hydrogen (secondary N) is 1. The Hall–Kier alpha value is -2.95. The molecule has 124 valence electrons. The van der Waals surface area contributed by atoms with Crippen LogP contribution in [0.3, 0.4) is 0 Å². The minimum Gasteiger partial charge on any atom is -0.493 e. The van der Waals surface area contributed by atoms with E-state index in [0.29, 0.717) is 6.54 Å². The molecule has 0 saturated carbocycles. The van der Waals surface area contributed by atoms with Crippen LogP contribution in [-0.4, -0.2) is 23.8 Å². The van der Waals surface area contributed by atoms with Crippen molar-refractivity contribution in [1.29, 1.82) is 0 Å². The van der Waals surface area contributed by atoms with Gasteiger partial charge in [-0.3, -0.25) is 0 Å². The summed E-state index contributed by atoms with van der Waals surface area (Å²) in [4.78, 5) is 4.49. The average Bonchev–Trinajstić information content (AvgIpc) is 3.00. The third-order valence-corrected chi connectivity index (χ3v) is 3.98. The molecule has 5 nitrogen and oxygen atoms in total. The third-order valence-electron chi connectivity index (χ3n) is 3.98. The number of ether oxygens (including phenoxy) is 2. The largest absolute Gasteiger partial charge is 0.493 e. The molecular formula is C19H21N3O2. The molecule has 0 bridgehead atoms. The summed E-state index contributed by atoms with van der Waals surface area (Å²) in [5.41, 5.74) is 3.22. The van der Waals surface area contributed by atoms with Gasteiger partial charge in [0.15, 0.2) is 11.5 Å². The first kappa shape index (κ1) is 15.9. The Kier molecular flexibility index (Phi) is 4.70. The molecule has 1 N–H and O–H groups in total. The molecule has 1 aromatic heterocycles. The van der Waals surface area contributed by atoms with Gasteiger partial charge in [-0.05, 0) is 11.6 Å². The second-order valence-corrected chi connectivity index (χ2v) is 5.40. The molecule has 3 rings (SSSR count). The van der Waals surface area contributed by atoms with E-state index in [1.807, 2.05) is 54.2 Å². The Bertz CT molecular complexity index is 813. The van der Waals surface area contributed by atoms with Gasteiger partial charge in [0.1, 0.15) is 0 Å². The molecule has 0 radical (unpaired) electrons. The number of anilines is 1. The summed E-state index contributed by atoms with van der Waals surface area (Å²) in [5, 5.41) is 3.36. The fourth-order valence-corrected chi connectivity index (χ4v) is 2.72. The highest BCUT2D eigenvalue weighted by Crippen LogP contribution is 2.31. The smallest absolute Gasteiger partial charge is 0.203 e. The lowest BCUT2D eigenvalue weighted by Crippen LogP contribution is -2.07. The monoisotopic (exact) mass is 323 g/mol. The van der Waals surface area contributed by atoms with E-state index in [-0.39, 0.29) is 0 Å². The third kappa shape index (κ3) is 3.06. The molecule has 0 aliphatic carbocycles. The predicted molar refractivity (Wildman–Crippen MR) is 95.5 cm³/mol. The molecule has 0 atom stereocenters. The maximum Gasteiger partial charge on any atom is 0.203 e. The second-order valence-electron chi connectivity index (χ2n) is 5.40. The lowest BCUT2D eigenvalue weighted by molar-refractivity contribution is 0.352. The molecular weight excluding hydrogens is 302 g/mol. The fraction of sp³-hybridized carbons (Fsp3) is 0.211. The molecule has 0 aliphatic heterocycles. The molecule has 0 aliphatic rings. The Morgan fingerprint density at radius 3 is 2.50 bits per heavy atom. The van der Waals surface area contributed by atoms with Gasteiger partial charge in [-0.25, -0.2) is 4.98 Å². The van der Waals surface area contributed by atoms with Crippen LogP contribution in [0.5, 0.6) is 11.5 Å². The number of hydrogen-bond donors (Lipinski definition) is 1. The summed E-state index contributed by atoms with van der Waals surface area (Å²) in [6.07, 6.45) is 1.88. The Morgan fingerprint density at radius 1 is 1.00 bits per heavy atom. The van der Waals surface area contributed by atoms with Gasteiger partial charge >= 0.3 is 0 Å². The summed E-state index contributed by atoms with van der Waals surface area (Å²) < 4.78 is 12.9. The second kappa shape index (κ2) is 7.08. The lowest BCUT2D eigenvalue weighted by Gasteiger charge is -2.13. The minimum atomic E-state index is 0.597. The molecule has 0 spiro atoms. The summed E-state index contributed by atoms with van der Waals surface area (Å²) in [7, 11) is 5.29. The summed E-state index contributed by atoms with van der Waals surface area (Å²) in [5.74, 6) is 2.27. The van der Waals surface area contributed by atoms with E-state index in [1.165, 1.54) is 0 Å². The van der Waals surface area contributed by atoms with Gasteiger partial charge in [-0.1, -0.05) is 42.5 Å². The van der Waals surface area contributed by atoms with Crippen molar-refractivity contribution in [3.8, 4) is 22.8 Å².